The topological polar surface area (TPSA) is 68.9 Å². The second kappa shape index (κ2) is 5.14. The number of benzene rings is 2. The predicted octanol–water partition coefficient (Wildman–Crippen LogP) is 2.41. The summed E-state index contributed by atoms with van der Waals surface area (Å²) in [6, 6.07) is 8.39. The third kappa shape index (κ3) is 2.57. The van der Waals surface area contributed by atoms with E-state index in [1.54, 1.807) is 18.2 Å². The molecule has 0 amide bonds. The SMILES string of the molecule is O=c1[nH]c2ccc(C(O)Cc3c(F)cccc3F)cc2[nH]1. The summed E-state index contributed by atoms with van der Waals surface area (Å²) in [5.74, 6) is -1.38. The largest absolute Gasteiger partial charge is 0.388 e. The fourth-order valence-corrected chi connectivity index (χ4v) is 2.30. The lowest BCUT2D eigenvalue weighted by molar-refractivity contribution is 0.176. The highest BCUT2D eigenvalue weighted by molar-refractivity contribution is 5.75. The van der Waals surface area contributed by atoms with Gasteiger partial charge < -0.3 is 15.1 Å². The van der Waals surface area contributed by atoms with Crippen LogP contribution in [0.2, 0.25) is 0 Å². The maximum atomic E-state index is 13.6. The maximum Gasteiger partial charge on any atom is 0.323 e. The van der Waals surface area contributed by atoms with Crippen molar-refractivity contribution in [1.29, 1.82) is 0 Å². The van der Waals surface area contributed by atoms with Crippen molar-refractivity contribution in [2.45, 2.75) is 12.5 Å². The number of aliphatic hydroxyl groups excluding tert-OH is 1. The Morgan fingerprint density at radius 3 is 2.43 bits per heavy atom. The fourth-order valence-electron chi connectivity index (χ4n) is 2.30. The molecule has 1 unspecified atom stereocenters. The lowest BCUT2D eigenvalue weighted by Gasteiger charge is -2.12. The highest BCUT2D eigenvalue weighted by Crippen LogP contribution is 2.23. The molecule has 3 N–H and O–H groups in total. The quantitative estimate of drug-likeness (QED) is 0.693. The van der Waals surface area contributed by atoms with Crippen molar-refractivity contribution < 1.29 is 13.9 Å². The number of H-pyrrole nitrogens is 2. The van der Waals surface area contributed by atoms with Crippen LogP contribution in [-0.2, 0) is 6.42 Å². The van der Waals surface area contributed by atoms with Crippen LogP contribution in [0.3, 0.4) is 0 Å². The molecule has 2 aromatic carbocycles. The van der Waals surface area contributed by atoms with Gasteiger partial charge in [-0.1, -0.05) is 12.1 Å². The van der Waals surface area contributed by atoms with Crippen LogP contribution < -0.4 is 5.69 Å². The van der Waals surface area contributed by atoms with Gasteiger partial charge in [-0.2, -0.15) is 0 Å². The number of nitrogens with one attached hydrogen (secondary N) is 2. The molecule has 0 saturated heterocycles. The Kier molecular flexibility index (Phi) is 3.31. The second-order valence-corrected chi connectivity index (χ2v) is 4.80. The first-order valence-electron chi connectivity index (χ1n) is 6.37. The smallest absolute Gasteiger partial charge is 0.323 e. The summed E-state index contributed by atoms with van der Waals surface area (Å²) in [6.45, 7) is 0. The molecule has 3 aromatic rings. The lowest BCUT2D eigenvalue weighted by atomic mass is 10.0. The summed E-state index contributed by atoms with van der Waals surface area (Å²) < 4.78 is 27.2. The number of fused-ring (bicyclic) bond motifs is 1. The van der Waals surface area contributed by atoms with E-state index in [4.69, 9.17) is 0 Å². The van der Waals surface area contributed by atoms with Crippen molar-refractivity contribution in [1.82, 2.24) is 9.97 Å². The van der Waals surface area contributed by atoms with E-state index >= 15 is 0 Å². The van der Waals surface area contributed by atoms with Gasteiger partial charge in [-0.25, -0.2) is 13.6 Å². The molecule has 3 rings (SSSR count). The Labute approximate surface area is 118 Å². The minimum atomic E-state index is -1.07. The molecule has 0 aliphatic heterocycles. The molecule has 1 heterocycles. The Morgan fingerprint density at radius 1 is 1.05 bits per heavy atom. The predicted molar refractivity (Wildman–Crippen MR) is 73.9 cm³/mol. The molecule has 108 valence electrons. The number of aromatic amines is 2. The summed E-state index contributed by atoms with van der Waals surface area (Å²) in [7, 11) is 0. The Morgan fingerprint density at radius 2 is 1.71 bits per heavy atom. The summed E-state index contributed by atoms with van der Waals surface area (Å²) >= 11 is 0. The average Bonchev–Trinajstić information content (AvgIpc) is 2.81. The molecule has 4 nitrogen and oxygen atoms in total. The third-order valence-corrected chi connectivity index (χ3v) is 3.38. The number of imidazole rings is 1. The number of hydrogen-bond donors (Lipinski definition) is 3. The van der Waals surface area contributed by atoms with Crippen molar-refractivity contribution in [2.24, 2.45) is 0 Å². The van der Waals surface area contributed by atoms with Crippen molar-refractivity contribution in [3.63, 3.8) is 0 Å². The Bertz CT molecular complexity index is 834. The van der Waals surface area contributed by atoms with E-state index in [9.17, 15) is 18.7 Å². The monoisotopic (exact) mass is 290 g/mol. The van der Waals surface area contributed by atoms with E-state index in [0.29, 0.717) is 16.6 Å². The van der Waals surface area contributed by atoms with Crippen LogP contribution in [0.5, 0.6) is 0 Å². The second-order valence-electron chi connectivity index (χ2n) is 4.80. The molecular formula is C15H12F2N2O2. The number of hydrogen-bond acceptors (Lipinski definition) is 2. The molecule has 0 fully saturated rings. The molecule has 1 aromatic heterocycles. The van der Waals surface area contributed by atoms with Gasteiger partial charge in [0.15, 0.2) is 0 Å². The molecule has 0 radical (unpaired) electrons. The van der Waals surface area contributed by atoms with Gasteiger partial charge in [0.25, 0.3) is 0 Å². The highest BCUT2D eigenvalue weighted by atomic mass is 19.1. The first-order valence-corrected chi connectivity index (χ1v) is 6.37. The fraction of sp³-hybridized carbons (Fsp3) is 0.133. The molecule has 0 saturated carbocycles. The van der Waals surface area contributed by atoms with Crippen LogP contribution in [0, 0.1) is 11.6 Å². The molecule has 0 aliphatic carbocycles. The van der Waals surface area contributed by atoms with Crippen LogP contribution in [-0.4, -0.2) is 15.1 Å². The molecular weight excluding hydrogens is 278 g/mol. The zero-order valence-corrected chi connectivity index (χ0v) is 10.9. The highest BCUT2D eigenvalue weighted by Gasteiger charge is 2.16. The standard InChI is InChI=1S/C15H12F2N2O2/c16-10-2-1-3-11(17)9(10)7-14(20)8-4-5-12-13(6-8)19-15(21)18-12/h1-6,14,20H,7H2,(H2,18,19,21). The Balaban J connectivity index is 1.93. The van der Waals surface area contributed by atoms with E-state index in [0.717, 1.165) is 12.1 Å². The zero-order valence-electron chi connectivity index (χ0n) is 10.9. The molecule has 1 atom stereocenters. The van der Waals surface area contributed by atoms with Crippen LogP contribution in [0.1, 0.15) is 17.2 Å². The van der Waals surface area contributed by atoms with Crippen molar-refractivity contribution in [2.75, 3.05) is 0 Å². The maximum absolute atomic E-state index is 13.6. The number of aliphatic hydroxyl groups is 1. The van der Waals surface area contributed by atoms with Gasteiger partial charge in [0.2, 0.25) is 0 Å². The van der Waals surface area contributed by atoms with Gasteiger partial charge in [-0.3, -0.25) is 0 Å². The van der Waals surface area contributed by atoms with Crippen LogP contribution in [0.15, 0.2) is 41.2 Å². The van der Waals surface area contributed by atoms with E-state index < -0.39 is 17.7 Å². The van der Waals surface area contributed by atoms with Crippen LogP contribution >= 0.6 is 0 Å². The van der Waals surface area contributed by atoms with E-state index in [1.165, 1.54) is 6.07 Å². The first-order chi connectivity index (χ1) is 10.0. The summed E-state index contributed by atoms with van der Waals surface area (Å²) in [5.41, 5.74) is 1.10. The van der Waals surface area contributed by atoms with Gasteiger partial charge in [-0.15, -0.1) is 0 Å². The van der Waals surface area contributed by atoms with Gasteiger partial charge in [0.05, 0.1) is 17.1 Å². The average molecular weight is 290 g/mol. The lowest BCUT2D eigenvalue weighted by Crippen LogP contribution is -2.05. The molecule has 0 aliphatic rings. The minimum absolute atomic E-state index is 0.160. The molecule has 0 bridgehead atoms. The van der Waals surface area contributed by atoms with E-state index in [2.05, 4.69) is 9.97 Å². The number of halogens is 2. The van der Waals surface area contributed by atoms with E-state index in [1.807, 2.05) is 0 Å². The summed E-state index contributed by atoms with van der Waals surface area (Å²) in [4.78, 5) is 16.3. The summed E-state index contributed by atoms with van der Waals surface area (Å²) in [6.07, 6.45) is -1.25. The first kappa shape index (κ1) is 13.5. The van der Waals surface area contributed by atoms with Crippen LogP contribution in [0.25, 0.3) is 11.0 Å². The Hall–Kier alpha value is -2.47. The van der Waals surface area contributed by atoms with Gasteiger partial charge in [0.1, 0.15) is 11.6 Å². The van der Waals surface area contributed by atoms with E-state index in [-0.39, 0.29) is 17.7 Å². The molecule has 0 spiro atoms. The summed E-state index contributed by atoms with van der Waals surface area (Å²) in [5, 5.41) is 10.2. The van der Waals surface area contributed by atoms with Gasteiger partial charge >= 0.3 is 5.69 Å². The van der Waals surface area contributed by atoms with Crippen molar-refractivity contribution >= 4 is 11.0 Å². The number of rotatable bonds is 3. The van der Waals surface area contributed by atoms with Crippen LogP contribution in [0.4, 0.5) is 8.78 Å². The molecule has 6 heteroatoms. The van der Waals surface area contributed by atoms with Gasteiger partial charge in [-0.05, 0) is 29.8 Å². The zero-order chi connectivity index (χ0) is 15.0. The van der Waals surface area contributed by atoms with Crippen molar-refractivity contribution in [3.05, 3.63) is 69.6 Å². The van der Waals surface area contributed by atoms with Crippen molar-refractivity contribution in [3.8, 4) is 0 Å². The number of aromatic nitrogens is 2. The third-order valence-electron chi connectivity index (χ3n) is 3.38. The normalized spacial score (nSPS) is 12.7. The minimum Gasteiger partial charge on any atom is -0.388 e. The van der Waals surface area contributed by atoms with Gasteiger partial charge in [0, 0.05) is 12.0 Å². The molecule has 21 heavy (non-hydrogen) atoms.